The third-order valence-corrected chi connectivity index (χ3v) is 22.3. The Morgan fingerprint density at radius 2 is 0.556 bits per heavy atom. The molecular weight excluding hydrogens is 1380 g/mol. The molecule has 0 amide bonds. The first-order chi connectivity index (χ1) is 53.0. The Hall–Kier alpha value is -12.7. The van der Waals surface area contributed by atoms with E-state index in [0.29, 0.717) is 0 Å². The molecule has 0 saturated carbocycles. The van der Waals surface area contributed by atoms with E-state index in [2.05, 4.69) is 380 Å². The van der Waals surface area contributed by atoms with E-state index in [1.807, 2.05) is 24.3 Å². The fourth-order valence-corrected chi connectivity index (χ4v) is 16.0. The van der Waals surface area contributed by atoms with Gasteiger partial charge in [0, 0.05) is 70.4 Å². The van der Waals surface area contributed by atoms with Crippen molar-refractivity contribution >= 4 is 137 Å². The summed E-state index contributed by atoms with van der Waals surface area (Å²) in [5, 5.41) is 17.2. The maximum absolute atomic E-state index is 6.19. The van der Waals surface area contributed by atoms with Gasteiger partial charge in [0.25, 0.3) is 0 Å². The van der Waals surface area contributed by atoms with Crippen LogP contribution in [0, 0.1) is 0 Å². The van der Waals surface area contributed by atoms with Gasteiger partial charge in [0.1, 0.15) is 11.6 Å². The van der Waals surface area contributed by atoms with E-state index < -0.39 is 0 Å². The van der Waals surface area contributed by atoms with Crippen LogP contribution in [0.25, 0.3) is 176 Å². The van der Waals surface area contributed by atoms with Crippen molar-refractivity contribution in [2.45, 2.75) is 38.9 Å². The van der Waals surface area contributed by atoms with Crippen LogP contribution in [0.5, 0.6) is 0 Å². The molecule has 0 aliphatic carbocycles. The van der Waals surface area contributed by atoms with E-state index in [0.717, 1.165) is 116 Å². The molecule has 514 valence electrons. The first-order valence-corrected chi connectivity index (χ1v) is 37.5. The van der Waals surface area contributed by atoms with Crippen molar-refractivity contribution in [3.05, 3.63) is 356 Å². The molecule has 1 aliphatic rings. The van der Waals surface area contributed by atoms with Crippen LogP contribution in [0.3, 0.4) is 0 Å². The average Bonchev–Trinajstić information content (AvgIpc) is 1.17. The summed E-state index contributed by atoms with van der Waals surface area (Å²) in [6.45, 7) is 8.29. The fourth-order valence-electron chi connectivity index (χ4n) is 15.7. The average molecular weight is 1450 g/mol. The summed E-state index contributed by atoms with van der Waals surface area (Å²) in [7, 11) is -0.364. The van der Waals surface area contributed by atoms with Crippen molar-refractivity contribution in [2.24, 2.45) is 0 Å². The van der Waals surface area contributed by atoms with Crippen molar-refractivity contribution in [1.29, 1.82) is 0 Å². The van der Waals surface area contributed by atoms with Crippen molar-refractivity contribution in [1.82, 2.24) is 29.1 Å². The summed E-state index contributed by atoms with van der Waals surface area (Å²) < 4.78 is 17.9. The largest absolute Gasteiger partial charge is 0.494 e. The highest BCUT2D eigenvalue weighted by Crippen LogP contribution is 2.45. The molecule has 1 saturated heterocycles. The summed E-state index contributed by atoms with van der Waals surface area (Å²) in [5.41, 5.74) is 17.5. The standard InChI is InChI=1S/C46H29N3.C27H16BrN.C25H25BN2O2/c1-2-12-34(13-3-1)49-42-21-11-10-20-41(42)47-46(49)33-28-24-31(25-29-33)30-22-26-32(27-23-30)44-40-19-9-7-17-38(40)43-37-16-6-4-14-35(37)36-15-5-8-18-39(36)45(43)48-44;28-18-15-13-17(14-16-18)26-24-12-6-4-10-22(24)25-21-9-3-1-7-19(21)20-8-2-5-11-23(20)27(25)29-26;1-24(2)25(3,4)30-26(29-24)19-16-14-18(15-17-19)23-27-21-12-8-9-13-22(21)28(23)20-10-6-5-7-11-20/h1-29H;1-16H;5-17H,1-4H3. The molecular formula is C98H70BBrN6O2. The first-order valence-electron chi connectivity index (χ1n) is 36.7. The first kappa shape index (κ1) is 66.0. The Morgan fingerprint density at radius 3 is 0.954 bits per heavy atom. The number of pyridine rings is 2. The Kier molecular flexibility index (Phi) is 16.5. The zero-order valence-electron chi connectivity index (χ0n) is 59.9. The van der Waals surface area contributed by atoms with Crippen LogP contribution >= 0.6 is 15.9 Å². The molecule has 0 bridgehead atoms. The minimum Gasteiger partial charge on any atom is -0.399 e. The van der Waals surface area contributed by atoms with Crippen molar-refractivity contribution < 1.29 is 9.31 Å². The smallest absolute Gasteiger partial charge is 0.399 e. The number of hydrogen-bond donors (Lipinski definition) is 0. The van der Waals surface area contributed by atoms with Gasteiger partial charge in [-0.05, 0) is 148 Å². The predicted molar refractivity (Wildman–Crippen MR) is 455 cm³/mol. The molecule has 0 radical (unpaired) electrons. The van der Waals surface area contributed by atoms with Crippen LogP contribution < -0.4 is 5.46 Å². The van der Waals surface area contributed by atoms with Gasteiger partial charge < -0.3 is 9.31 Å². The zero-order valence-corrected chi connectivity index (χ0v) is 61.5. The molecule has 5 heterocycles. The van der Waals surface area contributed by atoms with Gasteiger partial charge in [-0.3, -0.25) is 9.13 Å². The van der Waals surface area contributed by atoms with Gasteiger partial charge in [-0.25, -0.2) is 19.9 Å². The van der Waals surface area contributed by atoms with E-state index in [1.54, 1.807) is 0 Å². The third-order valence-electron chi connectivity index (χ3n) is 21.8. The third kappa shape index (κ3) is 11.6. The second kappa shape index (κ2) is 27.0. The molecule has 108 heavy (non-hydrogen) atoms. The maximum atomic E-state index is 6.19. The van der Waals surface area contributed by atoms with Gasteiger partial charge in [0.2, 0.25) is 0 Å². The molecule has 0 atom stereocenters. The molecule has 1 aliphatic heterocycles. The molecule has 10 heteroatoms. The molecule has 0 unspecified atom stereocenters. The highest BCUT2D eigenvalue weighted by molar-refractivity contribution is 9.10. The fraction of sp³-hybridized carbons (Fsp3) is 0.0612. The van der Waals surface area contributed by atoms with Gasteiger partial charge in [-0.2, -0.15) is 0 Å². The number of para-hydroxylation sites is 6. The number of rotatable bonds is 8. The van der Waals surface area contributed by atoms with Gasteiger partial charge in [-0.15, -0.1) is 0 Å². The van der Waals surface area contributed by atoms with Gasteiger partial charge >= 0.3 is 7.12 Å². The van der Waals surface area contributed by atoms with Crippen LogP contribution in [0.1, 0.15) is 27.7 Å². The minimum atomic E-state index is -0.364. The number of benzene rings is 16. The maximum Gasteiger partial charge on any atom is 0.494 e. The lowest BCUT2D eigenvalue weighted by atomic mass is 9.79. The van der Waals surface area contributed by atoms with Crippen LogP contribution in [0.15, 0.2) is 356 Å². The molecule has 21 rings (SSSR count). The van der Waals surface area contributed by atoms with Crippen molar-refractivity contribution in [2.75, 3.05) is 0 Å². The molecule has 16 aromatic carbocycles. The summed E-state index contributed by atoms with van der Waals surface area (Å²) in [6.07, 6.45) is 0. The molecule has 4 aromatic heterocycles. The van der Waals surface area contributed by atoms with Crippen molar-refractivity contribution in [3.8, 4) is 67.8 Å². The van der Waals surface area contributed by atoms with Gasteiger partial charge in [0.05, 0.1) is 55.7 Å². The van der Waals surface area contributed by atoms with Crippen LogP contribution in [-0.2, 0) is 9.31 Å². The van der Waals surface area contributed by atoms with Crippen molar-refractivity contribution in [3.63, 3.8) is 0 Å². The number of imidazole rings is 2. The summed E-state index contributed by atoms with van der Waals surface area (Å²) in [5.74, 6) is 1.85. The van der Waals surface area contributed by atoms with E-state index in [9.17, 15) is 0 Å². The van der Waals surface area contributed by atoms with Crippen LogP contribution in [0.2, 0.25) is 0 Å². The molecule has 8 nitrogen and oxygen atoms in total. The van der Waals surface area contributed by atoms with Gasteiger partial charge in [-0.1, -0.05) is 307 Å². The lowest BCUT2D eigenvalue weighted by molar-refractivity contribution is 0.00578. The van der Waals surface area contributed by atoms with Gasteiger partial charge in [0.15, 0.2) is 0 Å². The molecule has 0 spiro atoms. The number of fused-ring (bicyclic) bond motifs is 18. The summed E-state index contributed by atoms with van der Waals surface area (Å²) in [4.78, 5) is 20.7. The van der Waals surface area contributed by atoms with Crippen LogP contribution in [0.4, 0.5) is 0 Å². The lowest BCUT2D eigenvalue weighted by Crippen LogP contribution is -2.41. The van der Waals surface area contributed by atoms with E-state index in [4.69, 9.17) is 29.2 Å². The summed E-state index contributed by atoms with van der Waals surface area (Å²) >= 11 is 3.55. The predicted octanol–water partition coefficient (Wildman–Crippen LogP) is 25.1. The Bertz CT molecular complexity index is 6850. The Labute approximate surface area is 634 Å². The minimum absolute atomic E-state index is 0.350. The van der Waals surface area contributed by atoms with E-state index in [1.165, 1.54) is 70.0 Å². The lowest BCUT2D eigenvalue weighted by Gasteiger charge is -2.32. The van der Waals surface area contributed by atoms with E-state index >= 15 is 0 Å². The second-order valence-corrected chi connectivity index (χ2v) is 29.6. The molecule has 0 N–H and O–H groups in total. The SMILES string of the molecule is Brc1ccc(-c2nc3c4ccccc4c4ccccc4c3c3ccccc23)cc1.CC1(C)OB(c2ccc(-c3nc4ccccc4n3-c3ccccc3)cc2)OC1(C)C.c1ccc(-n2c(-c3ccc(-c4ccc(-c5nc6c7ccccc7c7ccccc7c6c6ccccc56)cc4)cc3)nc3ccccc32)cc1. The summed E-state index contributed by atoms with van der Waals surface area (Å²) in [6, 6.07) is 124. The number of hydrogen-bond acceptors (Lipinski definition) is 6. The molecule has 20 aromatic rings. The topological polar surface area (TPSA) is 79.9 Å². The number of nitrogens with zero attached hydrogens (tertiary/aromatic N) is 6. The monoisotopic (exact) mass is 1450 g/mol. The number of halogens is 1. The van der Waals surface area contributed by atoms with E-state index in [-0.39, 0.29) is 18.3 Å². The Balaban J connectivity index is 0.000000117. The zero-order chi connectivity index (χ0) is 72.6. The second-order valence-electron chi connectivity index (χ2n) is 28.7. The highest BCUT2D eigenvalue weighted by atomic mass is 79.9. The Morgan fingerprint density at radius 1 is 0.269 bits per heavy atom. The number of aromatic nitrogens is 6. The van der Waals surface area contributed by atoms with Crippen LogP contribution in [-0.4, -0.2) is 47.4 Å². The highest BCUT2D eigenvalue weighted by Gasteiger charge is 2.51. The normalized spacial score (nSPS) is 13.3. The molecule has 1 fully saturated rings. The quantitative estimate of drug-likeness (QED) is 0.111.